The van der Waals surface area contributed by atoms with Gasteiger partial charge >= 0.3 is 0 Å². The largest absolute Gasteiger partial charge is 0.376 e. The van der Waals surface area contributed by atoms with Crippen LogP contribution in [-0.2, 0) is 24.3 Å². The zero-order chi connectivity index (χ0) is 20.3. The lowest BCUT2D eigenvalue weighted by atomic mass is 10.0. The number of ether oxygens (including phenoxy) is 1. The quantitative estimate of drug-likeness (QED) is 0.634. The number of hydrogen-bond acceptors (Lipinski definition) is 8. The van der Waals surface area contributed by atoms with Crippen molar-refractivity contribution < 1.29 is 4.74 Å². The lowest BCUT2D eigenvalue weighted by Gasteiger charge is -2.36. The molecule has 1 fully saturated rings. The van der Waals surface area contributed by atoms with Crippen molar-refractivity contribution in [3.05, 3.63) is 46.1 Å². The molecular formula is C20H26N8O2. The Hall–Kier alpha value is -2.85. The molecule has 1 N–H and O–H groups in total. The van der Waals surface area contributed by atoms with Crippen LogP contribution >= 0.6 is 0 Å². The molecule has 5 rings (SSSR count). The van der Waals surface area contributed by atoms with E-state index in [-0.39, 0.29) is 5.56 Å². The van der Waals surface area contributed by atoms with Crippen LogP contribution < -0.4 is 10.9 Å². The molecule has 30 heavy (non-hydrogen) atoms. The van der Waals surface area contributed by atoms with Crippen LogP contribution in [0.15, 0.2) is 29.3 Å². The molecule has 2 aliphatic heterocycles. The van der Waals surface area contributed by atoms with E-state index in [2.05, 4.69) is 30.6 Å². The average Bonchev–Trinajstić information content (AvgIpc) is 3.25. The summed E-state index contributed by atoms with van der Waals surface area (Å²) in [6.07, 6.45) is 5.91. The van der Waals surface area contributed by atoms with Crippen LogP contribution in [0.25, 0.3) is 5.65 Å². The molecule has 0 bridgehead atoms. The molecule has 0 radical (unpaired) electrons. The molecule has 1 atom stereocenters. The second kappa shape index (κ2) is 8.49. The van der Waals surface area contributed by atoms with E-state index in [1.165, 1.54) is 12.8 Å². The molecule has 1 saturated heterocycles. The fourth-order valence-electron chi connectivity index (χ4n) is 4.27. The van der Waals surface area contributed by atoms with Gasteiger partial charge in [0, 0.05) is 37.2 Å². The highest BCUT2D eigenvalue weighted by atomic mass is 16.5. The Morgan fingerprint density at radius 1 is 1.20 bits per heavy atom. The Bertz CT molecular complexity index is 1080. The highest BCUT2D eigenvalue weighted by Crippen LogP contribution is 2.18. The molecule has 3 aromatic rings. The number of aromatic nitrogens is 6. The van der Waals surface area contributed by atoms with E-state index < -0.39 is 0 Å². The van der Waals surface area contributed by atoms with Crippen LogP contribution in [0.2, 0.25) is 0 Å². The maximum atomic E-state index is 12.4. The standard InChI is InChI=1S/C20H26N8O2/c29-20-11-15-13-30-10-6-17(15)24-27(20)9-8-26-7-2-1-3-16(26)12-21-18-4-5-19-23-22-14-28(19)25-18/h4-5,11,14,16H,1-3,6-10,12-13H2,(H,21,25). The van der Waals surface area contributed by atoms with Crippen molar-refractivity contribution in [3.63, 3.8) is 0 Å². The van der Waals surface area contributed by atoms with Gasteiger partial charge in [0.05, 0.1) is 25.5 Å². The van der Waals surface area contributed by atoms with Crippen LogP contribution in [0.3, 0.4) is 0 Å². The molecule has 10 nitrogen and oxygen atoms in total. The second-order valence-electron chi connectivity index (χ2n) is 7.90. The van der Waals surface area contributed by atoms with Gasteiger partial charge in [-0.3, -0.25) is 9.69 Å². The normalized spacial score (nSPS) is 19.7. The highest BCUT2D eigenvalue weighted by molar-refractivity contribution is 5.43. The van der Waals surface area contributed by atoms with Crippen molar-refractivity contribution >= 4 is 11.5 Å². The van der Waals surface area contributed by atoms with Crippen molar-refractivity contribution in [2.45, 2.75) is 44.9 Å². The summed E-state index contributed by atoms with van der Waals surface area (Å²) in [4.78, 5) is 14.9. The van der Waals surface area contributed by atoms with Crippen molar-refractivity contribution in [2.75, 3.05) is 31.6 Å². The van der Waals surface area contributed by atoms with E-state index in [9.17, 15) is 4.79 Å². The molecule has 5 heterocycles. The zero-order valence-corrected chi connectivity index (χ0v) is 16.9. The Morgan fingerprint density at radius 3 is 3.13 bits per heavy atom. The minimum atomic E-state index is -0.0441. The molecule has 158 valence electrons. The number of anilines is 1. The lowest BCUT2D eigenvalue weighted by Crippen LogP contribution is -2.46. The number of likely N-dealkylation sites (tertiary alicyclic amines) is 1. The van der Waals surface area contributed by atoms with Gasteiger partial charge in [0.1, 0.15) is 12.1 Å². The summed E-state index contributed by atoms with van der Waals surface area (Å²) in [5.74, 6) is 0.808. The SMILES string of the molecule is O=c1cc2c(nn1CCN1CCCCC1CNc1ccc3nncn3n1)CCOC2. The summed E-state index contributed by atoms with van der Waals surface area (Å²) in [7, 11) is 0. The maximum absolute atomic E-state index is 12.4. The number of rotatable bonds is 6. The third kappa shape index (κ3) is 4.05. The number of fused-ring (bicyclic) bond motifs is 2. The number of nitrogens with zero attached hydrogens (tertiary/aromatic N) is 7. The smallest absolute Gasteiger partial charge is 0.267 e. The maximum Gasteiger partial charge on any atom is 0.267 e. The number of piperidine rings is 1. The van der Waals surface area contributed by atoms with Gasteiger partial charge in [-0.2, -0.15) is 9.61 Å². The fraction of sp³-hybridized carbons (Fsp3) is 0.550. The predicted molar refractivity (Wildman–Crippen MR) is 110 cm³/mol. The zero-order valence-electron chi connectivity index (χ0n) is 16.9. The van der Waals surface area contributed by atoms with Gasteiger partial charge in [-0.1, -0.05) is 6.42 Å². The first-order valence-corrected chi connectivity index (χ1v) is 10.6. The molecule has 0 spiro atoms. The Kier molecular flexibility index (Phi) is 5.41. The number of nitrogens with one attached hydrogen (secondary N) is 1. The molecule has 0 aromatic carbocycles. The van der Waals surface area contributed by atoms with E-state index in [1.807, 2.05) is 12.1 Å². The third-order valence-electron chi connectivity index (χ3n) is 5.93. The summed E-state index contributed by atoms with van der Waals surface area (Å²) in [6, 6.07) is 5.92. The van der Waals surface area contributed by atoms with E-state index in [0.29, 0.717) is 25.8 Å². The minimum Gasteiger partial charge on any atom is -0.376 e. The predicted octanol–water partition coefficient (Wildman–Crippen LogP) is 0.720. The van der Waals surface area contributed by atoms with Gasteiger partial charge < -0.3 is 10.1 Å². The fourth-order valence-corrected chi connectivity index (χ4v) is 4.27. The van der Waals surface area contributed by atoms with Crippen LogP contribution in [0.1, 0.15) is 30.5 Å². The monoisotopic (exact) mass is 410 g/mol. The molecule has 0 amide bonds. The average molecular weight is 410 g/mol. The summed E-state index contributed by atoms with van der Waals surface area (Å²) >= 11 is 0. The summed E-state index contributed by atoms with van der Waals surface area (Å²) in [6.45, 7) is 4.43. The third-order valence-corrected chi connectivity index (χ3v) is 5.93. The summed E-state index contributed by atoms with van der Waals surface area (Å²) < 4.78 is 8.71. The molecule has 3 aromatic heterocycles. The Morgan fingerprint density at radius 2 is 2.17 bits per heavy atom. The van der Waals surface area contributed by atoms with Gasteiger partial charge in [0.2, 0.25) is 0 Å². The molecule has 0 saturated carbocycles. The first-order valence-electron chi connectivity index (χ1n) is 10.6. The van der Waals surface area contributed by atoms with Crippen LogP contribution in [0.5, 0.6) is 0 Å². The Balaban J connectivity index is 1.22. The minimum absolute atomic E-state index is 0.0441. The van der Waals surface area contributed by atoms with E-state index >= 15 is 0 Å². The summed E-state index contributed by atoms with van der Waals surface area (Å²) in [5.41, 5.74) is 2.61. The van der Waals surface area contributed by atoms with E-state index in [1.54, 1.807) is 21.6 Å². The molecule has 2 aliphatic rings. The van der Waals surface area contributed by atoms with Crippen molar-refractivity contribution in [3.8, 4) is 0 Å². The topological polar surface area (TPSA) is 102 Å². The van der Waals surface area contributed by atoms with Crippen molar-refractivity contribution in [2.24, 2.45) is 0 Å². The molecule has 1 unspecified atom stereocenters. The van der Waals surface area contributed by atoms with Gasteiger partial charge in [-0.05, 0) is 31.5 Å². The van der Waals surface area contributed by atoms with Crippen LogP contribution in [-0.4, -0.2) is 66.8 Å². The van der Waals surface area contributed by atoms with Gasteiger partial charge in [-0.15, -0.1) is 15.3 Å². The molecule has 0 aliphatic carbocycles. The highest BCUT2D eigenvalue weighted by Gasteiger charge is 2.23. The van der Waals surface area contributed by atoms with Crippen molar-refractivity contribution in [1.29, 1.82) is 0 Å². The van der Waals surface area contributed by atoms with Crippen molar-refractivity contribution in [1.82, 2.24) is 34.5 Å². The first kappa shape index (κ1) is 19.1. The molecule has 10 heteroatoms. The Labute approximate surface area is 173 Å². The van der Waals surface area contributed by atoms with E-state index in [4.69, 9.17) is 4.74 Å². The molecular weight excluding hydrogens is 384 g/mol. The van der Waals surface area contributed by atoms with Crippen LogP contribution in [0.4, 0.5) is 5.82 Å². The van der Waals surface area contributed by atoms with E-state index in [0.717, 1.165) is 55.2 Å². The van der Waals surface area contributed by atoms with Gasteiger partial charge in [0.25, 0.3) is 5.56 Å². The summed E-state index contributed by atoms with van der Waals surface area (Å²) in [5, 5.41) is 20.4. The van der Waals surface area contributed by atoms with Gasteiger partial charge in [-0.25, -0.2) is 4.68 Å². The lowest BCUT2D eigenvalue weighted by molar-refractivity contribution is 0.107. The first-order chi connectivity index (χ1) is 14.8. The second-order valence-corrected chi connectivity index (χ2v) is 7.90. The van der Waals surface area contributed by atoms with Gasteiger partial charge in [0.15, 0.2) is 5.65 Å². The number of hydrogen-bond donors (Lipinski definition) is 1. The van der Waals surface area contributed by atoms with Crippen LogP contribution in [0, 0.1) is 0 Å².